The van der Waals surface area contributed by atoms with Gasteiger partial charge in [0.05, 0.1) is 12.4 Å². The highest BCUT2D eigenvalue weighted by Gasteiger charge is 2.14. The molecule has 0 aliphatic heterocycles. The van der Waals surface area contributed by atoms with E-state index in [0.29, 0.717) is 19.3 Å². The normalized spacial score (nSPS) is 13.3. The lowest BCUT2D eigenvalue weighted by Gasteiger charge is -2.23. The highest BCUT2D eigenvalue weighted by molar-refractivity contribution is 7.85. The van der Waals surface area contributed by atoms with Crippen LogP contribution in [0.1, 0.15) is 19.3 Å². The fraction of sp³-hybridized carbons (Fsp3) is 0.727. The summed E-state index contributed by atoms with van der Waals surface area (Å²) in [5.41, 5.74) is 0. The summed E-state index contributed by atoms with van der Waals surface area (Å²) in [6.07, 6.45) is 2.69. The van der Waals surface area contributed by atoms with Crippen LogP contribution >= 0.6 is 0 Å². The first kappa shape index (κ1) is 17.1. The van der Waals surface area contributed by atoms with Crippen LogP contribution in [0.15, 0.2) is 12.7 Å². The van der Waals surface area contributed by atoms with Gasteiger partial charge in [-0.25, -0.2) is 4.79 Å². The van der Waals surface area contributed by atoms with E-state index in [9.17, 15) is 13.2 Å². The Labute approximate surface area is 108 Å². The second-order valence-electron chi connectivity index (χ2n) is 4.21. The molecule has 0 saturated heterocycles. The first-order valence-corrected chi connectivity index (χ1v) is 7.28. The van der Waals surface area contributed by atoms with E-state index in [1.54, 1.807) is 0 Å². The number of hydrogen-bond acceptors (Lipinski definition) is 5. The first-order valence-electron chi connectivity index (χ1n) is 5.67. The molecule has 0 rings (SSSR count). The monoisotopic (exact) mass is 279 g/mol. The number of ether oxygens (including phenoxy) is 1. The van der Waals surface area contributed by atoms with Gasteiger partial charge in [0.25, 0.3) is 10.1 Å². The molecule has 0 aromatic heterocycles. The van der Waals surface area contributed by atoms with Gasteiger partial charge in [0.2, 0.25) is 0 Å². The van der Waals surface area contributed by atoms with Gasteiger partial charge in [0.15, 0.2) is 0 Å². The fourth-order valence-corrected chi connectivity index (χ4v) is 2.05. The molecule has 1 atom stereocenters. The van der Waals surface area contributed by atoms with Gasteiger partial charge in [-0.15, -0.1) is 0 Å². The average molecular weight is 279 g/mol. The second kappa shape index (κ2) is 8.23. The van der Waals surface area contributed by atoms with Crippen molar-refractivity contribution in [3.8, 4) is 0 Å². The summed E-state index contributed by atoms with van der Waals surface area (Å²) in [4.78, 5) is 12.8. The van der Waals surface area contributed by atoms with Crippen molar-refractivity contribution < 1.29 is 22.5 Å². The van der Waals surface area contributed by atoms with Gasteiger partial charge in [0, 0.05) is 12.1 Å². The van der Waals surface area contributed by atoms with Crippen LogP contribution in [-0.4, -0.2) is 56.3 Å². The minimum atomic E-state index is -3.90. The third kappa shape index (κ3) is 9.15. The molecule has 0 heterocycles. The molecule has 0 aromatic rings. The van der Waals surface area contributed by atoms with Gasteiger partial charge >= 0.3 is 5.97 Å². The zero-order valence-corrected chi connectivity index (χ0v) is 11.6. The molecule has 0 amide bonds. The van der Waals surface area contributed by atoms with Crippen LogP contribution in [-0.2, 0) is 19.6 Å². The van der Waals surface area contributed by atoms with Gasteiger partial charge in [-0.05, 0) is 33.4 Å². The third-order valence-electron chi connectivity index (χ3n) is 2.53. The Hall–Kier alpha value is -0.920. The van der Waals surface area contributed by atoms with E-state index < -0.39 is 16.1 Å². The SMILES string of the molecule is C=CC(=O)OCCC(CCCS(=O)(=O)O)N(C)C. The summed E-state index contributed by atoms with van der Waals surface area (Å²) in [6, 6.07) is 0.101. The average Bonchev–Trinajstić information content (AvgIpc) is 2.24. The van der Waals surface area contributed by atoms with Crippen molar-refractivity contribution in [1.82, 2.24) is 4.90 Å². The molecule has 0 aliphatic rings. The molecule has 18 heavy (non-hydrogen) atoms. The van der Waals surface area contributed by atoms with Crippen LogP contribution in [0.25, 0.3) is 0 Å². The number of hydrogen-bond donors (Lipinski definition) is 1. The Morgan fingerprint density at radius 2 is 2.06 bits per heavy atom. The number of carbonyl (C=O) groups excluding carboxylic acids is 1. The number of carbonyl (C=O) groups is 1. The maximum absolute atomic E-state index is 10.8. The zero-order valence-electron chi connectivity index (χ0n) is 10.8. The van der Waals surface area contributed by atoms with Gasteiger partial charge in [-0.3, -0.25) is 4.55 Å². The number of nitrogens with zero attached hydrogens (tertiary/aromatic N) is 1. The van der Waals surface area contributed by atoms with Crippen molar-refractivity contribution in [1.29, 1.82) is 0 Å². The highest BCUT2D eigenvalue weighted by Crippen LogP contribution is 2.09. The lowest BCUT2D eigenvalue weighted by molar-refractivity contribution is -0.138. The van der Waals surface area contributed by atoms with Crippen LogP contribution in [0.2, 0.25) is 0 Å². The Balaban J connectivity index is 4.00. The van der Waals surface area contributed by atoms with Gasteiger partial charge < -0.3 is 9.64 Å². The summed E-state index contributed by atoms with van der Waals surface area (Å²) >= 11 is 0. The van der Waals surface area contributed by atoms with E-state index in [4.69, 9.17) is 9.29 Å². The smallest absolute Gasteiger partial charge is 0.330 e. The van der Waals surface area contributed by atoms with Gasteiger partial charge in [0.1, 0.15) is 0 Å². The van der Waals surface area contributed by atoms with E-state index in [1.807, 2.05) is 19.0 Å². The van der Waals surface area contributed by atoms with Crippen molar-refractivity contribution in [3.63, 3.8) is 0 Å². The summed E-state index contributed by atoms with van der Waals surface area (Å²) in [7, 11) is -0.164. The Bertz CT molecular complexity index is 364. The quantitative estimate of drug-likeness (QED) is 0.380. The minimum Gasteiger partial charge on any atom is -0.462 e. The molecule has 106 valence electrons. The van der Waals surface area contributed by atoms with Crippen LogP contribution in [0.5, 0.6) is 0 Å². The van der Waals surface area contributed by atoms with Crippen LogP contribution in [0.4, 0.5) is 0 Å². The van der Waals surface area contributed by atoms with Crippen molar-refractivity contribution in [2.75, 3.05) is 26.5 Å². The van der Waals surface area contributed by atoms with E-state index in [-0.39, 0.29) is 18.4 Å². The standard InChI is InChI=1S/C11H21NO5S/c1-4-11(13)17-8-7-10(12(2)3)6-5-9-18(14,15)16/h4,10H,1,5-9H2,2-3H3,(H,14,15,16). The van der Waals surface area contributed by atoms with Crippen molar-refractivity contribution in [2.45, 2.75) is 25.3 Å². The molecule has 0 spiro atoms. The van der Waals surface area contributed by atoms with E-state index in [1.165, 1.54) is 0 Å². The van der Waals surface area contributed by atoms with Crippen LogP contribution in [0, 0.1) is 0 Å². The molecule has 0 fully saturated rings. The predicted octanol–water partition coefficient (Wildman–Crippen LogP) is 0.704. The highest BCUT2D eigenvalue weighted by atomic mass is 32.2. The summed E-state index contributed by atoms with van der Waals surface area (Å²) < 4.78 is 34.7. The molecule has 0 radical (unpaired) electrons. The summed E-state index contributed by atoms with van der Waals surface area (Å²) in [5.74, 6) is -0.713. The van der Waals surface area contributed by atoms with E-state index in [0.717, 1.165) is 6.08 Å². The van der Waals surface area contributed by atoms with Gasteiger partial charge in [-0.2, -0.15) is 8.42 Å². The molecule has 0 aromatic carbocycles. The molecule has 1 unspecified atom stereocenters. The predicted molar refractivity (Wildman–Crippen MR) is 68.9 cm³/mol. The Morgan fingerprint density at radius 1 is 1.44 bits per heavy atom. The Kier molecular flexibility index (Phi) is 7.81. The van der Waals surface area contributed by atoms with Crippen LogP contribution in [0.3, 0.4) is 0 Å². The minimum absolute atomic E-state index is 0.101. The summed E-state index contributed by atoms with van der Waals surface area (Å²) in [6.45, 7) is 3.55. The molecule has 6 nitrogen and oxygen atoms in total. The molecule has 7 heteroatoms. The lowest BCUT2D eigenvalue weighted by Crippen LogP contribution is -2.30. The third-order valence-corrected chi connectivity index (χ3v) is 3.34. The van der Waals surface area contributed by atoms with Crippen molar-refractivity contribution >= 4 is 16.1 Å². The molecule has 0 saturated carbocycles. The van der Waals surface area contributed by atoms with Gasteiger partial charge in [-0.1, -0.05) is 6.58 Å². The number of rotatable bonds is 9. The largest absolute Gasteiger partial charge is 0.462 e. The second-order valence-corrected chi connectivity index (χ2v) is 5.78. The van der Waals surface area contributed by atoms with E-state index in [2.05, 4.69) is 6.58 Å². The summed E-state index contributed by atoms with van der Waals surface area (Å²) in [5, 5.41) is 0. The van der Waals surface area contributed by atoms with E-state index >= 15 is 0 Å². The number of esters is 1. The molecular weight excluding hydrogens is 258 g/mol. The molecule has 1 N–H and O–H groups in total. The van der Waals surface area contributed by atoms with Crippen molar-refractivity contribution in [2.24, 2.45) is 0 Å². The van der Waals surface area contributed by atoms with Crippen LogP contribution < -0.4 is 0 Å². The topological polar surface area (TPSA) is 83.9 Å². The maximum Gasteiger partial charge on any atom is 0.330 e. The van der Waals surface area contributed by atoms with Crippen molar-refractivity contribution in [3.05, 3.63) is 12.7 Å². The molecular formula is C11H21NO5S. The lowest BCUT2D eigenvalue weighted by atomic mass is 10.1. The molecule has 0 aliphatic carbocycles. The molecule has 0 bridgehead atoms. The first-order chi connectivity index (χ1) is 8.26. The fourth-order valence-electron chi connectivity index (χ4n) is 1.52. The maximum atomic E-state index is 10.8. The zero-order chi connectivity index (χ0) is 14.2. The Morgan fingerprint density at radius 3 is 2.50 bits per heavy atom.